The van der Waals surface area contributed by atoms with Crippen LogP contribution in [-0.2, 0) is 22.4 Å². The molecule has 0 unspecified atom stereocenters. The monoisotopic (exact) mass is 714 g/mol. The van der Waals surface area contributed by atoms with Gasteiger partial charge in [0.2, 0.25) is 0 Å². The number of hydrogen-bond donors (Lipinski definition) is 4. The standard InChI is InChI=1S/C40H42O12/c1-46-32-15-22(5-7-30(32)43)36-28(17-41)26-11-20(13-34(48-3)38(26)51-36)9-24-19-50-40(45)25(24)10-21-12-27-29(18-42)37(52-39(27)35(14-21)49-4)23-6-8-31(44)33(16-23)47-2/h5-8,11-16,24-25,28-29,36-37,41-44H,9-10,17-19H2,1-4H3/t24-,25+,28+,29-,36+,37+/m0/s1. The first kappa shape index (κ1) is 35.1. The van der Waals surface area contributed by atoms with Crippen molar-refractivity contribution in [3.05, 3.63) is 94.0 Å². The van der Waals surface area contributed by atoms with Gasteiger partial charge in [0.25, 0.3) is 0 Å². The molecule has 0 aliphatic carbocycles. The normalized spacial score (nSPS) is 22.9. The molecule has 0 saturated carbocycles. The zero-order valence-corrected chi connectivity index (χ0v) is 29.3. The Morgan fingerprint density at radius 3 is 1.52 bits per heavy atom. The van der Waals surface area contributed by atoms with Gasteiger partial charge in [0.1, 0.15) is 12.2 Å². The largest absolute Gasteiger partial charge is 0.504 e. The van der Waals surface area contributed by atoms with Crippen LogP contribution in [0.1, 0.15) is 57.4 Å². The first-order valence-electron chi connectivity index (χ1n) is 17.1. The average molecular weight is 715 g/mol. The van der Waals surface area contributed by atoms with Crippen LogP contribution in [0.25, 0.3) is 0 Å². The number of aliphatic hydroxyl groups excluding tert-OH is 2. The van der Waals surface area contributed by atoms with Gasteiger partial charge in [-0.05, 0) is 71.5 Å². The molecule has 4 aromatic rings. The molecule has 4 aromatic carbocycles. The van der Waals surface area contributed by atoms with E-state index in [0.29, 0.717) is 47.3 Å². The van der Waals surface area contributed by atoms with Crippen molar-refractivity contribution >= 4 is 5.97 Å². The first-order valence-corrected chi connectivity index (χ1v) is 17.1. The summed E-state index contributed by atoms with van der Waals surface area (Å²) in [6.07, 6.45) is -0.219. The molecule has 3 heterocycles. The lowest BCUT2D eigenvalue weighted by Crippen LogP contribution is -2.21. The van der Waals surface area contributed by atoms with Crippen LogP contribution in [0.15, 0.2) is 60.7 Å². The van der Waals surface area contributed by atoms with Crippen LogP contribution >= 0.6 is 0 Å². The quantitative estimate of drug-likeness (QED) is 0.144. The molecule has 274 valence electrons. The van der Waals surface area contributed by atoms with Crippen molar-refractivity contribution in [2.75, 3.05) is 48.3 Å². The highest BCUT2D eigenvalue weighted by atomic mass is 16.5. The van der Waals surface area contributed by atoms with Gasteiger partial charge in [-0.25, -0.2) is 0 Å². The number of fused-ring (bicyclic) bond motifs is 2. The molecule has 3 aliphatic rings. The summed E-state index contributed by atoms with van der Waals surface area (Å²) in [5.74, 6) is 0.890. The van der Waals surface area contributed by atoms with Gasteiger partial charge in [0.15, 0.2) is 46.0 Å². The average Bonchev–Trinajstić information content (AvgIpc) is 3.84. The predicted octanol–water partition coefficient (Wildman–Crippen LogP) is 5.13. The summed E-state index contributed by atoms with van der Waals surface area (Å²) < 4.78 is 40.5. The Morgan fingerprint density at radius 1 is 0.615 bits per heavy atom. The van der Waals surface area contributed by atoms with Gasteiger partial charge in [-0.3, -0.25) is 4.79 Å². The number of hydrogen-bond acceptors (Lipinski definition) is 12. The molecular weight excluding hydrogens is 672 g/mol. The fraction of sp³-hybridized carbons (Fsp3) is 0.375. The summed E-state index contributed by atoms with van der Waals surface area (Å²) in [4.78, 5) is 13.2. The maximum absolute atomic E-state index is 13.2. The molecule has 1 saturated heterocycles. The molecule has 4 N–H and O–H groups in total. The Bertz CT molecular complexity index is 1970. The van der Waals surface area contributed by atoms with Crippen molar-refractivity contribution in [1.29, 1.82) is 0 Å². The molecule has 0 aromatic heterocycles. The van der Waals surface area contributed by atoms with Crippen LogP contribution in [0.3, 0.4) is 0 Å². The van der Waals surface area contributed by atoms with E-state index in [1.54, 1.807) is 38.5 Å². The van der Waals surface area contributed by atoms with Crippen LogP contribution in [0.2, 0.25) is 0 Å². The van der Waals surface area contributed by atoms with Crippen molar-refractivity contribution < 1.29 is 58.4 Å². The lowest BCUT2D eigenvalue weighted by Gasteiger charge is -2.19. The number of carbonyl (C=O) groups excluding carboxylic acids is 1. The first-order chi connectivity index (χ1) is 25.2. The minimum absolute atomic E-state index is 0.000573. The lowest BCUT2D eigenvalue weighted by atomic mass is 9.83. The van der Waals surface area contributed by atoms with E-state index in [-0.39, 0.29) is 43.2 Å². The van der Waals surface area contributed by atoms with Gasteiger partial charge in [-0.15, -0.1) is 0 Å². The summed E-state index contributed by atoms with van der Waals surface area (Å²) in [6, 6.07) is 17.6. The van der Waals surface area contributed by atoms with Crippen LogP contribution < -0.4 is 28.4 Å². The highest BCUT2D eigenvalue weighted by molar-refractivity contribution is 5.75. The van der Waals surface area contributed by atoms with Crippen molar-refractivity contribution in [1.82, 2.24) is 0 Å². The predicted molar refractivity (Wildman–Crippen MR) is 187 cm³/mol. The van der Waals surface area contributed by atoms with E-state index in [0.717, 1.165) is 33.4 Å². The zero-order chi connectivity index (χ0) is 36.7. The number of phenols is 2. The van der Waals surface area contributed by atoms with Gasteiger partial charge >= 0.3 is 5.97 Å². The summed E-state index contributed by atoms with van der Waals surface area (Å²) in [5.41, 5.74) is 4.74. The summed E-state index contributed by atoms with van der Waals surface area (Å²) in [5, 5.41) is 41.4. The van der Waals surface area contributed by atoms with Gasteiger partial charge in [-0.1, -0.05) is 24.3 Å². The summed E-state index contributed by atoms with van der Waals surface area (Å²) in [7, 11) is 6.05. The third kappa shape index (κ3) is 6.15. The van der Waals surface area contributed by atoms with Crippen molar-refractivity contribution in [3.63, 3.8) is 0 Å². The van der Waals surface area contributed by atoms with Crippen LogP contribution in [-0.4, -0.2) is 74.7 Å². The van der Waals surface area contributed by atoms with E-state index >= 15 is 0 Å². The number of rotatable bonds is 12. The van der Waals surface area contributed by atoms with E-state index in [1.165, 1.54) is 26.4 Å². The number of ether oxygens (including phenoxy) is 7. The van der Waals surface area contributed by atoms with Gasteiger partial charge < -0.3 is 53.6 Å². The van der Waals surface area contributed by atoms with Crippen LogP contribution in [0, 0.1) is 11.8 Å². The second-order valence-corrected chi connectivity index (χ2v) is 13.4. The lowest BCUT2D eigenvalue weighted by molar-refractivity contribution is -0.141. The molecule has 0 spiro atoms. The minimum atomic E-state index is -0.556. The number of phenolic OH excluding ortho intramolecular Hbond substituents is 2. The Morgan fingerprint density at radius 2 is 1.08 bits per heavy atom. The van der Waals surface area contributed by atoms with E-state index in [1.807, 2.05) is 24.3 Å². The molecule has 6 atom stereocenters. The fourth-order valence-electron chi connectivity index (χ4n) is 7.80. The summed E-state index contributed by atoms with van der Waals surface area (Å²) >= 11 is 0. The second-order valence-electron chi connectivity index (χ2n) is 13.4. The molecule has 0 amide bonds. The van der Waals surface area contributed by atoms with Crippen LogP contribution in [0.5, 0.6) is 46.0 Å². The zero-order valence-electron chi connectivity index (χ0n) is 29.3. The number of cyclic esters (lactones) is 1. The Hall–Kier alpha value is -5.33. The third-order valence-corrected chi connectivity index (χ3v) is 10.5. The van der Waals surface area contributed by atoms with Crippen molar-refractivity contribution in [3.8, 4) is 46.0 Å². The van der Waals surface area contributed by atoms with E-state index in [2.05, 4.69) is 0 Å². The van der Waals surface area contributed by atoms with Crippen molar-refractivity contribution in [2.24, 2.45) is 11.8 Å². The second kappa shape index (κ2) is 14.4. The minimum Gasteiger partial charge on any atom is -0.504 e. The van der Waals surface area contributed by atoms with Gasteiger partial charge in [0.05, 0.1) is 66.0 Å². The Kier molecular flexibility index (Phi) is 9.69. The number of aliphatic hydroxyl groups is 2. The number of benzene rings is 4. The molecule has 0 bridgehead atoms. The highest BCUT2D eigenvalue weighted by Crippen LogP contribution is 2.53. The molecule has 52 heavy (non-hydrogen) atoms. The van der Waals surface area contributed by atoms with E-state index in [9.17, 15) is 25.2 Å². The molecule has 12 nitrogen and oxygen atoms in total. The van der Waals surface area contributed by atoms with Gasteiger partial charge in [-0.2, -0.15) is 0 Å². The topological polar surface area (TPSA) is 163 Å². The van der Waals surface area contributed by atoms with Gasteiger partial charge in [0, 0.05) is 17.0 Å². The Balaban J connectivity index is 1.14. The van der Waals surface area contributed by atoms with E-state index < -0.39 is 30.0 Å². The number of aromatic hydroxyl groups is 2. The Labute approximate surface area is 301 Å². The number of carbonyl (C=O) groups is 1. The number of esters is 1. The highest BCUT2D eigenvalue weighted by Gasteiger charge is 2.42. The molecule has 12 heteroatoms. The molecule has 1 fully saturated rings. The maximum atomic E-state index is 13.2. The van der Waals surface area contributed by atoms with Crippen LogP contribution in [0.4, 0.5) is 0 Å². The maximum Gasteiger partial charge on any atom is 0.309 e. The molecule has 3 aliphatic heterocycles. The fourth-order valence-corrected chi connectivity index (χ4v) is 7.80. The number of methoxy groups -OCH3 is 4. The smallest absolute Gasteiger partial charge is 0.309 e. The van der Waals surface area contributed by atoms with E-state index in [4.69, 9.17) is 33.2 Å². The molecule has 0 radical (unpaired) electrons. The molecular formula is C40H42O12. The summed E-state index contributed by atoms with van der Waals surface area (Å²) in [6.45, 7) is -0.156. The molecule has 7 rings (SSSR count). The SMILES string of the molecule is COc1cc([C@H]2Oc3c(OC)cc(C[C@H]4COC(=O)[C@@H]4Cc4cc(OC)c5c(c4)[C@H](CO)[C@@H](c4ccc(O)c(OC)c4)O5)cc3[C@H]2CO)ccc1O. The third-order valence-electron chi connectivity index (χ3n) is 10.5. The van der Waals surface area contributed by atoms with Crippen molar-refractivity contribution in [2.45, 2.75) is 36.9 Å².